The van der Waals surface area contributed by atoms with E-state index in [1.165, 1.54) is 0 Å². The van der Waals surface area contributed by atoms with Gasteiger partial charge in [0.05, 0.1) is 18.3 Å². The lowest BCUT2D eigenvalue weighted by Gasteiger charge is -2.17. The van der Waals surface area contributed by atoms with Crippen LogP contribution < -0.4 is 10.6 Å². The molecule has 0 unspecified atom stereocenters. The van der Waals surface area contributed by atoms with Gasteiger partial charge in [-0.05, 0) is 17.0 Å². The molecule has 0 saturated carbocycles. The molecular formula is C19H18N2O2. The summed E-state index contributed by atoms with van der Waals surface area (Å²) < 4.78 is 0. The molecule has 0 aromatic heterocycles. The summed E-state index contributed by atoms with van der Waals surface area (Å²) in [5.74, 6) is 0. The van der Waals surface area contributed by atoms with Crippen LogP contribution in [0.4, 0.5) is 10.5 Å². The molecule has 3 aromatic carbocycles. The Morgan fingerprint density at radius 3 is 2.39 bits per heavy atom. The number of carbonyl (C=O) groups excluding carboxylic acids is 1. The van der Waals surface area contributed by atoms with E-state index in [0.29, 0.717) is 0 Å². The van der Waals surface area contributed by atoms with Crippen molar-refractivity contribution in [3.05, 3.63) is 78.4 Å². The van der Waals surface area contributed by atoms with E-state index >= 15 is 0 Å². The lowest BCUT2D eigenvalue weighted by molar-refractivity contribution is 0.225. The van der Waals surface area contributed by atoms with Crippen LogP contribution in [-0.2, 0) is 0 Å². The average Bonchev–Trinajstić information content (AvgIpc) is 2.61. The Labute approximate surface area is 134 Å². The zero-order valence-electron chi connectivity index (χ0n) is 12.6. The number of nitrogens with one attached hydrogen (secondary N) is 2. The summed E-state index contributed by atoms with van der Waals surface area (Å²) in [6, 6.07) is 22.2. The number of hydrogen-bond acceptors (Lipinski definition) is 2. The van der Waals surface area contributed by atoms with Crippen molar-refractivity contribution in [1.29, 1.82) is 0 Å². The van der Waals surface area contributed by atoms with Gasteiger partial charge in [-0.2, -0.15) is 0 Å². The summed E-state index contributed by atoms with van der Waals surface area (Å²) in [6.45, 7) is -0.160. The van der Waals surface area contributed by atoms with Crippen LogP contribution in [0.5, 0.6) is 0 Å². The molecule has 4 heteroatoms. The standard InChI is InChI=1S/C19H18N2O2/c22-13-18(15-8-2-1-3-9-15)21-19(23)20-17-12-6-10-14-7-4-5-11-16(14)17/h1-12,18,22H,13H2,(H2,20,21,23)/t18-/m1/s1. The van der Waals surface area contributed by atoms with Crippen molar-refractivity contribution in [1.82, 2.24) is 5.32 Å². The summed E-state index contributed by atoms with van der Waals surface area (Å²) in [5, 5.41) is 17.2. The van der Waals surface area contributed by atoms with Crippen LogP contribution in [0.3, 0.4) is 0 Å². The van der Waals surface area contributed by atoms with E-state index < -0.39 is 6.04 Å². The van der Waals surface area contributed by atoms with Gasteiger partial charge in [0.25, 0.3) is 0 Å². The minimum atomic E-state index is -0.439. The van der Waals surface area contributed by atoms with Crippen LogP contribution in [0.2, 0.25) is 0 Å². The Balaban J connectivity index is 1.76. The van der Waals surface area contributed by atoms with E-state index in [-0.39, 0.29) is 12.6 Å². The quantitative estimate of drug-likeness (QED) is 0.688. The van der Waals surface area contributed by atoms with E-state index in [1.807, 2.05) is 72.8 Å². The second-order valence-electron chi connectivity index (χ2n) is 5.27. The van der Waals surface area contributed by atoms with Gasteiger partial charge < -0.3 is 15.7 Å². The minimum Gasteiger partial charge on any atom is -0.394 e. The van der Waals surface area contributed by atoms with E-state index in [1.54, 1.807) is 0 Å². The van der Waals surface area contributed by atoms with Crippen molar-refractivity contribution in [3.63, 3.8) is 0 Å². The molecule has 0 radical (unpaired) electrons. The zero-order chi connectivity index (χ0) is 16.1. The Kier molecular flexibility index (Phi) is 4.54. The third-order valence-corrected chi connectivity index (χ3v) is 3.73. The predicted octanol–water partition coefficient (Wildman–Crippen LogP) is 3.69. The first-order valence-electron chi connectivity index (χ1n) is 7.49. The number of benzene rings is 3. The highest BCUT2D eigenvalue weighted by molar-refractivity contribution is 6.01. The molecule has 4 nitrogen and oxygen atoms in total. The largest absolute Gasteiger partial charge is 0.394 e. The first-order chi connectivity index (χ1) is 11.3. The maximum Gasteiger partial charge on any atom is 0.319 e. The molecular weight excluding hydrogens is 288 g/mol. The molecule has 116 valence electrons. The molecule has 2 amide bonds. The van der Waals surface area contributed by atoms with E-state index in [4.69, 9.17) is 0 Å². The first-order valence-corrected chi connectivity index (χ1v) is 7.49. The first kappa shape index (κ1) is 15.1. The molecule has 0 bridgehead atoms. The van der Waals surface area contributed by atoms with E-state index in [0.717, 1.165) is 22.0 Å². The van der Waals surface area contributed by atoms with Crippen molar-refractivity contribution < 1.29 is 9.90 Å². The lowest BCUT2D eigenvalue weighted by Crippen LogP contribution is -2.34. The Bertz CT molecular complexity index is 797. The summed E-state index contributed by atoms with van der Waals surface area (Å²) in [7, 11) is 0. The van der Waals surface area contributed by atoms with Crippen LogP contribution in [-0.4, -0.2) is 17.7 Å². The van der Waals surface area contributed by atoms with Gasteiger partial charge >= 0.3 is 6.03 Å². The Morgan fingerprint density at radius 2 is 1.61 bits per heavy atom. The van der Waals surface area contributed by atoms with Crippen molar-refractivity contribution >= 4 is 22.5 Å². The second-order valence-corrected chi connectivity index (χ2v) is 5.27. The maximum absolute atomic E-state index is 12.3. The van der Waals surface area contributed by atoms with Gasteiger partial charge in [-0.3, -0.25) is 0 Å². The highest BCUT2D eigenvalue weighted by atomic mass is 16.3. The molecule has 0 fully saturated rings. The van der Waals surface area contributed by atoms with Crippen LogP contribution in [0.15, 0.2) is 72.8 Å². The fraction of sp³-hybridized carbons (Fsp3) is 0.105. The minimum absolute atomic E-state index is 0.160. The molecule has 23 heavy (non-hydrogen) atoms. The second kappa shape index (κ2) is 6.94. The molecule has 3 aromatic rings. The number of anilines is 1. The molecule has 0 saturated heterocycles. The summed E-state index contributed by atoms with van der Waals surface area (Å²) in [5.41, 5.74) is 1.61. The number of fused-ring (bicyclic) bond motifs is 1. The van der Waals surface area contributed by atoms with Crippen molar-refractivity contribution in [2.24, 2.45) is 0 Å². The number of carbonyl (C=O) groups is 1. The highest BCUT2D eigenvalue weighted by Crippen LogP contribution is 2.23. The normalized spacial score (nSPS) is 11.9. The average molecular weight is 306 g/mol. The van der Waals surface area contributed by atoms with Gasteiger partial charge in [-0.1, -0.05) is 66.7 Å². The molecule has 0 spiro atoms. The summed E-state index contributed by atoms with van der Waals surface area (Å²) >= 11 is 0. The zero-order valence-corrected chi connectivity index (χ0v) is 12.6. The van der Waals surface area contributed by atoms with Gasteiger partial charge in [0.1, 0.15) is 0 Å². The Morgan fingerprint density at radius 1 is 0.913 bits per heavy atom. The fourth-order valence-corrected chi connectivity index (χ4v) is 2.57. The molecule has 0 aliphatic rings. The molecule has 1 atom stereocenters. The number of hydrogen-bond donors (Lipinski definition) is 3. The topological polar surface area (TPSA) is 61.4 Å². The highest BCUT2D eigenvalue weighted by Gasteiger charge is 2.13. The number of aliphatic hydroxyl groups is 1. The third kappa shape index (κ3) is 3.49. The molecule has 3 N–H and O–H groups in total. The fourth-order valence-electron chi connectivity index (χ4n) is 2.57. The van der Waals surface area contributed by atoms with Crippen LogP contribution >= 0.6 is 0 Å². The maximum atomic E-state index is 12.3. The smallest absolute Gasteiger partial charge is 0.319 e. The number of aliphatic hydroxyl groups excluding tert-OH is 1. The number of amides is 2. The monoisotopic (exact) mass is 306 g/mol. The molecule has 0 aliphatic heterocycles. The molecule has 3 rings (SSSR count). The van der Waals surface area contributed by atoms with Crippen molar-refractivity contribution in [2.45, 2.75) is 6.04 Å². The third-order valence-electron chi connectivity index (χ3n) is 3.73. The van der Waals surface area contributed by atoms with E-state index in [2.05, 4.69) is 10.6 Å². The van der Waals surface area contributed by atoms with Gasteiger partial charge in [-0.25, -0.2) is 4.79 Å². The van der Waals surface area contributed by atoms with Crippen LogP contribution in [0.25, 0.3) is 10.8 Å². The summed E-state index contributed by atoms with van der Waals surface area (Å²) in [4.78, 5) is 12.3. The summed E-state index contributed by atoms with van der Waals surface area (Å²) in [6.07, 6.45) is 0. The van der Waals surface area contributed by atoms with Gasteiger partial charge in [-0.15, -0.1) is 0 Å². The van der Waals surface area contributed by atoms with Gasteiger partial charge in [0.2, 0.25) is 0 Å². The molecule has 0 aliphatic carbocycles. The number of urea groups is 1. The van der Waals surface area contributed by atoms with Crippen molar-refractivity contribution in [3.8, 4) is 0 Å². The van der Waals surface area contributed by atoms with Crippen molar-refractivity contribution in [2.75, 3.05) is 11.9 Å². The Hall–Kier alpha value is -2.85. The van der Waals surface area contributed by atoms with Crippen LogP contribution in [0.1, 0.15) is 11.6 Å². The van der Waals surface area contributed by atoms with E-state index in [9.17, 15) is 9.90 Å². The van der Waals surface area contributed by atoms with Crippen LogP contribution in [0, 0.1) is 0 Å². The predicted molar refractivity (Wildman–Crippen MR) is 92.4 cm³/mol. The molecule has 0 heterocycles. The van der Waals surface area contributed by atoms with Gasteiger partial charge in [0, 0.05) is 5.39 Å². The SMILES string of the molecule is O=C(Nc1cccc2ccccc12)N[C@H](CO)c1ccccc1. The number of rotatable bonds is 4. The lowest BCUT2D eigenvalue weighted by atomic mass is 10.1. The van der Waals surface area contributed by atoms with Gasteiger partial charge in [0.15, 0.2) is 0 Å².